The molecular formula is C86H127N27O3S10. The lowest BCUT2D eigenvalue weighted by molar-refractivity contribution is 0.415. The van der Waals surface area contributed by atoms with Crippen molar-refractivity contribution in [3.8, 4) is 51.0 Å². The van der Waals surface area contributed by atoms with E-state index in [4.69, 9.17) is 62.8 Å². The molecule has 0 bridgehead atoms. The molecule has 5 saturated carbocycles. The lowest BCUT2D eigenvalue weighted by Gasteiger charge is -2.21. The zero-order chi connectivity index (χ0) is 80.0. The van der Waals surface area contributed by atoms with Gasteiger partial charge < -0.3 is 79.7 Å². The zero-order valence-corrected chi connectivity index (χ0v) is 81.5. The summed E-state index contributed by atoms with van der Waals surface area (Å²) in [6.45, 7) is 3.72. The van der Waals surface area contributed by atoms with Crippen LogP contribution in [0.15, 0.2) is 195 Å². The first kappa shape index (κ1) is 108. The summed E-state index contributed by atoms with van der Waals surface area (Å²) in [5.74, 6) is 9.06. The van der Waals surface area contributed by atoms with E-state index in [-0.39, 0.29) is 147 Å². The first-order valence-corrected chi connectivity index (χ1v) is 40.4. The maximum Gasteiger partial charge on any atom is 0.159 e. The summed E-state index contributed by atoms with van der Waals surface area (Å²) in [4.78, 5) is 25.5. The fourth-order valence-corrected chi connectivity index (χ4v) is 16.1. The maximum absolute atomic E-state index is 6.05. The Labute approximate surface area is 806 Å². The summed E-state index contributed by atoms with van der Waals surface area (Å²) in [6.07, 6.45) is 24.6. The van der Waals surface area contributed by atoms with E-state index in [1.807, 2.05) is 156 Å². The molecule has 0 amide bonds. The number of ether oxygens (including phenoxy) is 3. The number of rotatable bonds is 21. The van der Waals surface area contributed by atoms with Crippen LogP contribution in [0.2, 0.25) is 0 Å². The van der Waals surface area contributed by atoms with Crippen molar-refractivity contribution >= 4 is 204 Å². The van der Waals surface area contributed by atoms with Gasteiger partial charge in [0.25, 0.3) is 0 Å². The molecule has 14 aromatic rings. The molecule has 0 unspecified atom stereocenters. The molecule has 0 saturated heterocycles. The van der Waals surface area contributed by atoms with Crippen molar-refractivity contribution in [3.63, 3.8) is 0 Å². The summed E-state index contributed by atoms with van der Waals surface area (Å²) in [5, 5.41) is 43.0. The van der Waals surface area contributed by atoms with E-state index in [1.54, 1.807) is 52.3 Å². The standard InChI is InChI=1S/C19H24N6.3C18H21N5O.C13H20N6.10H2S/c1-24(13-14-5-3-2-4-6-14)18-12-19(22-16-8-7-15(20)11-16)25-17(23-18)9-10-21-25;1-24-15-6-2-12(3-7-15)16-11-18(21-14-5-4-13(19)10-14)23-17(22-16)8-9-20-23;1-24-15-4-2-3-12(9-15)16-11-18(21-14-6-5-13(19)10-14)23-17(22-16)7-8-20-23;1-24-16-5-3-2-4-14(16)15-11-18(21-13-7-6-12(19)10-13)23-17(22-15)8-9-20-23;1-2-15-11-8-13(17-10-4-3-9(14)7-10)19-12(18-11)5-6-16-19;;;;;;;;;;/h2-6,9-10,12,15-16,22H,7-8,11,13,20H2,1H3;2-3,6-9,11,13-14,21H,4-5,10,19H2,1H3;2-4,7-9,11,13-14,21H,5-6,10,19H2,1H3;2-5,8-9,11-13,21H,6-7,10,19H2,1H3;5-6,8-10,17H,2-4,7,14H2,1H3,(H,15,18);10*1H2/t15-,16-;2*13-,14-;12-,13-;9-,10-;;;;;;;;;;/m00000........../s1. The highest BCUT2D eigenvalue weighted by molar-refractivity contribution is 7.60. The van der Waals surface area contributed by atoms with E-state index < -0.39 is 0 Å². The lowest BCUT2D eigenvalue weighted by Crippen LogP contribution is -2.23. The van der Waals surface area contributed by atoms with Gasteiger partial charge in [-0.25, -0.2) is 24.9 Å². The Balaban J connectivity index is 0.000000275. The van der Waals surface area contributed by atoms with Gasteiger partial charge >= 0.3 is 0 Å². The molecule has 10 atom stereocenters. The van der Waals surface area contributed by atoms with E-state index >= 15 is 0 Å². The highest BCUT2D eigenvalue weighted by atomic mass is 32.1. The van der Waals surface area contributed by atoms with Gasteiger partial charge in [0.2, 0.25) is 0 Å². The van der Waals surface area contributed by atoms with E-state index in [9.17, 15) is 0 Å². The number of nitrogens with one attached hydrogen (secondary N) is 6. The van der Waals surface area contributed by atoms with Gasteiger partial charge in [0.15, 0.2) is 28.2 Å². The number of hydrogen-bond acceptors (Lipinski definition) is 25. The van der Waals surface area contributed by atoms with Gasteiger partial charge in [-0.15, -0.1) is 0 Å². The van der Waals surface area contributed by atoms with Crippen LogP contribution in [-0.2, 0) is 6.54 Å². The summed E-state index contributed by atoms with van der Waals surface area (Å²) >= 11 is 0. The van der Waals surface area contributed by atoms with Gasteiger partial charge in [-0.05, 0) is 157 Å². The van der Waals surface area contributed by atoms with Crippen LogP contribution in [0, 0.1) is 0 Å². The fourth-order valence-electron chi connectivity index (χ4n) is 16.1. The minimum absolute atomic E-state index is 0. The highest BCUT2D eigenvalue weighted by Crippen LogP contribution is 2.35. The Morgan fingerprint density at radius 3 is 1.11 bits per heavy atom. The number of benzene rings is 4. The molecule has 30 nitrogen and oxygen atoms in total. The molecule has 10 heterocycles. The molecule has 19 rings (SSSR count). The summed E-state index contributed by atoms with van der Waals surface area (Å²) < 4.78 is 25.3. The van der Waals surface area contributed by atoms with Gasteiger partial charge in [0.1, 0.15) is 58.0 Å². The first-order valence-electron chi connectivity index (χ1n) is 40.4. The predicted molar refractivity (Wildman–Crippen MR) is 564 cm³/mol. The summed E-state index contributed by atoms with van der Waals surface area (Å²) in [7, 11) is 7.08. The van der Waals surface area contributed by atoms with Crippen molar-refractivity contribution < 1.29 is 14.2 Å². The van der Waals surface area contributed by atoms with Gasteiger partial charge in [0, 0.05) is 158 Å². The molecule has 0 spiro atoms. The highest BCUT2D eigenvalue weighted by Gasteiger charge is 2.28. The fraction of sp³-hybridized carbons (Fsp3) is 0.372. The number of hydrogen-bond donors (Lipinski definition) is 11. The molecule has 5 fully saturated rings. The molecule has 0 aliphatic heterocycles. The van der Waals surface area contributed by atoms with E-state index in [0.29, 0.717) is 48.3 Å². The molecule has 0 radical (unpaired) electrons. The van der Waals surface area contributed by atoms with E-state index in [2.05, 4.69) is 112 Å². The number of nitrogens with zero attached hydrogens (tertiary/aromatic N) is 16. The maximum atomic E-state index is 6.05. The first-order chi connectivity index (χ1) is 56.6. The predicted octanol–water partition coefficient (Wildman–Crippen LogP) is 13.3. The molecule has 126 heavy (non-hydrogen) atoms. The van der Waals surface area contributed by atoms with Crippen molar-refractivity contribution in [3.05, 3.63) is 200 Å². The van der Waals surface area contributed by atoms with Crippen LogP contribution >= 0.6 is 135 Å². The number of anilines is 7. The number of nitrogens with two attached hydrogens (primary N) is 5. The molecule has 5 aliphatic carbocycles. The minimum atomic E-state index is 0. The van der Waals surface area contributed by atoms with E-state index in [1.165, 1.54) is 5.56 Å². The van der Waals surface area contributed by atoms with Crippen molar-refractivity contribution in [2.45, 2.75) is 170 Å². The third-order valence-corrected chi connectivity index (χ3v) is 22.1. The minimum Gasteiger partial charge on any atom is -0.497 e. The second kappa shape index (κ2) is 51.5. The van der Waals surface area contributed by atoms with Gasteiger partial charge in [-0.1, -0.05) is 54.6 Å². The number of aromatic nitrogens is 15. The van der Waals surface area contributed by atoms with E-state index in [0.717, 1.165) is 229 Å². The van der Waals surface area contributed by atoms with Crippen molar-refractivity contribution in [2.24, 2.45) is 28.7 Å². The molecule has 684 valence electrons. The van der Waals surface area contributed by atoms with Gasteiger partial charge in [-0.2, -0.15) is 183 Å². The topological polar surface area (TPSA) is 384 Å². The van der Waals surface area contributed by atoms with Crippen LogP contribution in [0.3, 0.4) is 0 Å². The Morgan fingerprint density at radius 1 is 0.349 bits per heavy atom. The van der Waals surface area contributed by atoms with Crippen LogP contribution < -0.4 is 79.7 Å². The second-order valence-corrected chi connectivity index (χ2v) is 30.7. The largest absolute Gasteiger partial charge is 0.497 e. The quantitative estimate of drug-likeness (QED) is 0.0318. The Hall–Kier alpha value is -8.72. The van der Waals surface area contributed by atoms with Gasteiger partial charge in [-0.3, -0.25) is 0 Å². The number of methoxy groups -OCH3 is 3. The molecule has 5 aliphatic rings. The Kier molecular flexibility index (Phi) is 44.0. The third-order valence-electron chi connectivity index (χ3n) is 22.1. The van der Waals surface area contributed by atoms with Crippen LogP contribution in [0.5, 0.6) is 17.2 Å². The van der Waals surface area contributed by atoms with Gasteiger partial charge in [0.05, 0.1) is 69.4 Å². The Bertz CT molecular complexity index is 5580. The SMILES string of the molecule is CCNc1cc(N[C@H]2CC[C@H](N)C2)n2nccc2n1.CN(Cc1ccccc1)c1cc(N[C@H]2CC[C@H](N)C2)n2nccc2n1.COc1ccc(-c2cc(N[C@H]3CC[C@H](N)C3)n3nccc3n2)cc1.COc1cccc(-c2cc(N[C@H]3CC[C@H](N)C3)n3nccc3n2)c1.COc1ccccc1-c1cc(N[C@H]2CC[C@H](N)C2)n2nccc2n1.S.S.S.S.S.S.S.S.S.S. The van der Waals surface area contributed by atoms with Crippen LogP contribution in [0.4, 0.5) is 40.7 Å². The van der Waals surface area contributed by atoms with Crippen molar-refractivity contribution in [1.82, 2.24) is 73.0 Å². The van der Waals surface area contributed by atoms with Crippen LogP contribution in [0.25, 0.3) is 62.0 Å². The second-order valence-electron chi connectivity index (χ2n) is 30.7. The number of fused-ring (bicyclic) bond motifs is 5. The monoisotopic (exact) mass is 1910 g/mol. The number of para-hydroxylation sites is 1. The summed E-state index contributed by atoms with van der Waals surface area (Å²) in [5.41, 5.74) is 41.2. The van der Waals surface area contributed by atoms with Crippen molar-refractivity contribution in [2.75, 3.05) is 71.7 Å². The average molecular weight is 1910 g/mol. The smallest absolute Gasteiger partial charge is 0.159 e. The molecule has 4 aromatic carbocycles. The molecule has 10 aromatic heterocycles. The Morgan fingerprint density at radius 2 is 0.714 bits per heavy atom. The van der Waals surface area contributed by atoms with Crippen LogP contribution in [-0.4, -0.2) is 168 Å². The molecule has 16 N–H and O–H groups in total. The zero-order valence-electron chi connectivity index (χ0n) is 71.5. The third kappa shape index (κ3) is 27.4. The average Bonchev–Trinajstić information content (AvgIpc) is 1.61. The van der Waals surface area contributed by atoms with Crippen LogP contribution in [0.1, 0.15) is 109 Å². The summed E-state index contributed by atoms with van der Waals surface area (Å²) in [6, 6.07) is 57.4. The normalized spacial score (nSPS) is 19.1. The van der Waals surface area contributed by atoms with Crippen molar-refractivity contribution in [1.29, 1.82) is 0 Å². The lowest BCUT2D eigenvalue weighted by atomic mass is 10.1. The molecular weight excluding hydrogens is 1780 g/mol. The molecule has 40 heteroatoms.